The molecule has 1 fully saturated rings. The number of carbonyl (C=O) groups is 1. The molecule has 0 aliphatic heterocycles. The third-order valence-electron chi connectivity index (χ3n) is 2.38. The zero-order chi connectivity index (χ0) is 10.1. The van der Waals surface area contributed by atoms with Gasteiger partial charge in [0.1, 0.15) is 5.56 Å². The first kappa shape index (κ1) is 8.99. The normalized spacial score (nSPS) is 15.4. The van der Waals surface area contributed by atoms with Crippen LogP contribution in [-0.2, 0) is 6.54 Å². The lowest BCUT2D eigenvalue weighted by molar-refractivity contribution is 0.0695. The lowest BCUT2D eigenvalue weighted by Crippen LogP contribution is -2.06. The minimum atomic E-state index is -0.887. The summed E-state index contributed by atoms with van der Waals surface area (Å²) in [5.74, 6) is -0.495. The molecule has 14 heavy (non-hydrogen) atoms. The molecule has 0 aromatic carbocycles. The average molecular weight is 192 g/mol. The van der Waals surface area contributed by atoms with E-state index in [1.165, 1.54) is 6.20 Å². The first-order chi connectivity index (χ1) is 6.74. The van der Waals surface area contributed by atoms with Crippen molar-refractivity contribution >= 4 is 5.97 Å². The number of carboxylic acids is 1. The molecule has 1 saturated carbocycles. The molecule has 0 spiro atoms. The molecule has 0 amide bonds. The van der Waals surface area contributed by atoms with E-state index < -0.39 is 5.97 Å². The second-order valence-electron chi connectivity index (χ2n) is 3.49. The quantitative estimate of drug-likeness (QED) is 0.738. The lowest BCUT2D eigenvalue weighted by atomic mass is 10.2. The average Bonchev–Trinajstić information content (AvgIpc) is 2.88. The van der Waals surface area contributed by atoms with Gasteiger partial charge in [0.25, 0.3) is 0 Å². The summed E-state index contributed by atoms with van der Waals surface area (Å²) < 4.78 is 1.73. The van der Waals surface area contributed by atoms with Gasteiger partial charge in [-0.15, -0.1) is 6.58 Å². The van der Waals surface area contributed by atoms with Crippen LogP contribution < -0.4 is 0 Å². The standard InChI is InChI=1S/C10H12N2O2/c1-2-5-12-9(7-3-4-7)8(6-11-12)10(13)14/h2,6-7H,1,3-5H2,(H,13,14). The molecule has 0 bridgehead atoms. The summed E-state index contributed by atoms with van der Waals surface area (Å²) in [4.78, 5) is 10.9. The Labute approximate surface area is 81.9 Å². The van der Waals surface area contributed by atoms with E-state index in [4.69, 9.17) is 5.11 Å². The zero-order valence-electron chi connectivity index (χ0n) is 7.81. The van der Waals surface area contributed by atoms with Crippen molar-refractivity contribution in [2.75, 3.05) is 0 Å². The Bertz CT molecular complexity index is 377. The van der Waals surface area contributed by atoms with E-state index in [1.54, 1.807) is 10.8 Å². The molecule has 1 heterocycles. The molecule has 4 heteroatoms. The predicted octanol–water partition coefficient (Wildman–Crippen LogP) is 1.64. The van der Waals surface area contributed by atoms with Crippen molar-refractivity contribution in [1.82, 2.24) is 9.78 Å². The Morgan fingerprint density at radius 2 is 2.50 bits per heavy atom. The molecule has 1 aliphatic rings. The number of rotatable bonds is 4. The van der Waals surface area contributed by atoms with E-state index in [9.17, 15) is 4.79 Å². The van der Waals surface area contributed by atoms with Crippen LogP contribution in [0.1, 0.15) is 34.8 Å². The monoisotopic (exact) mass is 192 g/mol. The minimum Gasteiger partial charge on any atom is -0.478 e. The van der Waals surface area contributed by atoms with Crippen LogP contribution in [0.25, 0.3) is 0 Å². The first-order valence-corrected chi connectivity index (χ1v) is 4.64. The molecule has 1 N–H and O–H groups in total. The highest BCUT2D eigenvalue weighted by Crippen LogP contribution is 2.41. The second kappa shape index (κ2) is 3.29. The molecule has 0 atom stereocenters. The molecule has 0 radical (unpaired) electrons. The van der Waals surface area contributed by atoms with Crippen molar-refractivity contribution in [3.63, 3.8) is 0 Å². The topological polar surface area (TPSA) is 55.1 Å². The Morgan fingerprint density at radius 3 is 3.00 bits per heavy atom. The molecular weight excluding hydrogens is 180 g/mol. The molecule has 2 rings (SSSR count). The third-order valence-corrected chi connectivity index (χ3v) is 2.38. The van der Waals surface area contributed by atoms with Crippen molar-refractivity contribution in [1.29, 1.82) is 0 Å². The fraction of sp³-hybridized carbons (Fsp3) is 0.400. The summed E-state index contributed by atoms with van der Waals surface area (Å²) in [5.41, 5.74) is 1.20. The maximum atomic E-state index is 10.9. The number of hydrogen-bond donors (Lipinski definition) is 1. The Balaban J connectivity index is 2.40. The van der Waals surface area contributed by atoms with Crippen molar-refractivity contribution in [2.45, 2.75) is 25.3 Å². The molecule has 0 unspecified atom stereocenters. The SMILES string of the molecule is C=CCn1ncc(C(=O)O)c1C1CC1. The minimum absolute atomic E-state index is 0.342. The summed E-state index contributed by atoms with van der Waals surface area (Å²) in [6, 6.07) is 0. The van der Waals surface area contributed by atoms with Crippen LogP contribution in [0.4, 0.5) is 0 Å². The molecule has 0 saturated heterocycles. The Morgan fingerprint density at radius 1 is 1.79 bits per heavy atom. The summed E-state index contributed by atoms with van der Waals surface area (Å²) >= 11 is 0. The Hall–Kier alpha value is -1.58. The number of aromatic carboxylic acids is 1. The Kier molecular flexibility index (Phi) is 2.11. The highest BCUT2D eigenvalue weighted by molar-refractivity contribution is 5.89. The van der Waals surface area contributed by atoms with Crippen LogP contribution in [0.15, 0.2) is 18.9 Å². The van der Waals surface area contributed by atoms with Crippen LogP contribution in [0.5, 0.6) is 0 Å². The lowest BCUT2D eigenvalue weighted by Gasteiger charge is -2.03. The van der Waals surface area contributed by atoms with Crippen LogP contribution in [0, 0.1) is 0 Å². The van der Waals surface area contributed by atoms with E-state index in [0.29, 0.717) is 18.0 Å². The molecule has 1 aromatic heterocycles. The van der Waals surface area contributed by atoms with Crippen molar-refractivity contribution in [3.05, 3.63) is 30.1 Å². The van der Waals surface area contributed by atoms with Gasteiger partial charge in [-0.2, -0.15) is 5.10 Å². The maximum Gasteiger partial charge on any atom is 0.339 e. The first-order valence-electron chi connectivity index (χ1n) is 4.64. The highest BCUT2D eigenvalue weighted by atomic mass is 16.4. The molecule has 74 valence electrons. The molecule has 1 aromatic rings. The summed E-state index contributed by atoms with van der Waals surface area (Å²) in [5, 5.41) is 13.0. The number of nitrogens with zero attached hydrogens (tertiary/aromatic N) is 2. The fourth-order valence-electron chi connectivity index (χ4n) is 1.61. The van der Waals surface area contributed by atoms with Gasteiger partial charge in [-0.25, -0.2) is 4.79 Å². The van der Waals surface area contributed by atoms with Crippen LogP contribution in [0.2, 0.25) is 0 Å². The maximum absolute atomic E-state index is 10.9. The number of hydrogen-bond acceptors (Lipinski definition) is 2. The smallest absolute Gasteiger partial charge is 0.339 e. The highest BCUT2D eigenvalue weighted by Gasteiger charge is 2.31. The van der Waals surface area contributed by atoms with Crippen LogP contribution in [-0.4, -0.2) is 20.9 Å². The van der Waals surface area contributed by atoms with Gasteiger partial charge in [0, 0.05) is 5.92 Å². The van der Waals surface area contributed by atoms with Crippen molar-refractivity contribution in [3.8, 4) is 0 Å². The van der Waals surface area contributed by atoms with E-state index in [-0.39, 0.29) is 0 Å². The van der Waals surface area contributed by atoms with Gasteiger partial charge in [-0.05, 0) is 12.8 Å². The van der Waals surface area contributed by atoms with E-state index >= 15 is 0 Å². The molecular formula is C10H12N2O2. The zero-order valence-corrected chi connectivity index (χ0v) is 7.81. The largest absolute Gasteiger partial charge is 0.478 e. The van der Waals surface area contributed by atoms with E-state index in [1.807, 2.05) is 0 Å². The van der Waals surface area contributed by atoms with Gasteiger partial charge < -0.3 is 5.11 Å². The van der Waals surface area contributed by atoms with Gasteiger partial charge in [-0.1, -0.05) is 6.08 Å². The number of aromatic nitrogens is 2. The van der Waals surface area contributed by atoms with Gasteiger partial charge in [0.2, 0.25) is 0 Å². The van der Waals surface area contributed by atoms with E-state index in [0.717, 1.165) is 18.5 Å². The van der Waals surface area contributed by atoms with Crippen LogP contribution >= 0.6 is 0 Å². The van der Waals surface area contributed by atoms with E-state index in [2.05, 4.69) is 11.7 Å². The summed E-state index contributed by atoms with van der Waals surface area (Å²) in [7, 11) is 0. The fourth-order valence-corrected chi connectivity index (χ4v) is 1.61. The summed E-state index contributed by atoms with van der Waals surface area (Å²) in [6.45, 7) is 4.21. The third kappa shape index (κ3) is 1.43. The number of allylic oxidation sites excluding steroid dienone is 1. The predicted molar refractivity (Wildman–Crippen MR) is 51.4 cm³/mol. The van der Waals surface area contributed by atoms with Crippen molar-refractivity contribution in [2.24, 2.45) is 0 Å². The van der Waals surface area contributed by atoms with Crippen molar-refractivity contribution < 1.29 is 9.90 Å². The van der Waals surface area contributed by atoms with Gasteiger partial charge in [0.15, 0.2) is 0 Å². The second-order valence-corrected chi connectivity index (χ2v) is 3.49. The molecule has 1 aliphatic carbocycles. The van der Waals surface area contributed by atoms with Gasteiger partial charge in [0.05, 0.1) is 18.4 Å². The van der Waals surface area contributed by atoms with Crippen LogP contribution in [0.3, 0.4) is 0 Å². The summed E-state index contributed by atoms with van der Waals surface area (Å²) in [6.07, 6.45) is 5.30. The van der Waals surface area contributed by atoms with Gasteiger partial charge >= 0.3 is 5.97 Å². The number of carboxylic acid groups (broad SMARTS) is 1. The van der Waals surface area contributed by atoms with Gasteiger partial charge in [-0.3, -0.25) is 4.68 Å². The molecule has 4 nitrogen and oxygen atoms in total.